The van der Waals surface area contributed by atoms with Crippen LogP contribution >= 0.6 is 0 Å². The lowest BCUT2D eigenvalue weighted by atomic mass is 9.92. The molecule has 1 atom stereocenters. The maximum atomic E-state index is 14.2. The number of carboxylic acids is 1. The molecule has 0 aliphatic carbocycles. The van der Waals surface area contributed by atoms with Gasteiger partial charge in [0.2, 0.25) is 0 Å². The summed E-state index contributed by atoms with van der Waals surface area (Å²) in [6.45, 7) is 26.8. The van der Waals surface area contributed by atoms with Gasteiger partial charge in [-0.05, 0) is 72.7 Å². The van der Waals surface area contributed by atoms with E-state index < -0.39 is 17.9 Å². The molecular formula is C32H32FNO3. The molecule has 0 aromatic heterocycles. The Bertz CT molecular complexity index is 1310. The maximum absolute atomic E-state index is 14.2. The third-order valence-electron chi connectivity index (χ3n) is 5.19. The monoisotopic (exact) mass is 497 g/mol. The standard InChI is InChI=1S/C32H32FNO3/c1-10-15-25(30(24(12-3)13-4)23(9)20-34-14-5)18-29(22(8)11-2)37-31(21(6)7)28-19-26(33)16-17-27(28)32(35)36/h3,11,13-19,31,34H,1-2,4-6,9,20H2,7-8H3,(H,35,36)/b25-18+,29-22-,30-24+/t31-/m1/s1. The second kappa shape index (κ2) is 14.6. The highest BCUT2D eigenvalue weighted by atomic mass is 19.1. The van der Waals surface area contributed by atoms with Gasteiger partial charge >= 0.3 is 5.97 Å². The molecule has 190 valence electrons. The molecule has 1 rings (SSSR count). The largest absolute Gasteiger partial charge is 0.481 e. The molecule has 0 spiro atoms. The first-order valence-electron chi connectivity index (χ1n) is 11.2. The summed E-state index contributed by atoms with van der Waals surface area (Å²) in [5.74, 6) is 1.10. The minimum Gasteiger partial charge on any atom is -0.481 e. The zero-order valence-corrected chi connectivity index (χ0v) is 21.4. The molecule has 0 fully saturated rings. The van der Waals surface area contributed by atoms with Gasteiger partial charge in [0, 0.05) is 23.3 Å². The fourth-order valence-electron chi connectivity index (χ4n) is 3.35. The van der Waals surface area contributed by atoms with Crippen molar-refractivity contribution in [3.63, 3.8) is 0 Å². The van der Waals surface area contributed by atoms with Crippen LogP contribution in [0.15, 0.2) is 133 Å². The van der Waals surface area contributed by atoms with Gasteiger partial charge in [0.05, 0.1) is 5.56 Å². The van der Waals surface area contributed by atoms with E-state index >= 15 is 0 Å². The molecular weight excluding hydrogens is 465 g/mol. The molecule has 0 heterocycles. The lowest BCUT2D eigenvalue weighted by Crippen LogP contribution is -2.13. The summed E-state index contributed by atoms with van der Waals surface area (Å²) in [6, 6.07) is 3.40. The van der Waals surface area contributed by atoms with Crippen LogP contribution < -0.4 is 5.32 Å². The minimum absolute atomic E-state index is 0.106. The summed E-state index contributed by atoms with van der Waals surface area (Å²) in [7, 11) is 0. The van der Waals surface area contributed by atoms with Crippen LogP contribution in [0.2, 0.25) is 0 Å². The highest BCUT2D eigenvalue weighted by molar-refractivity contribution is 5.89. The Labute approximate surface area is 219 Å². The average Bonchev–Trinajstić information content (AvgIpc) is 2.86. The number of benzene rings is 1. The first-order valence-corrected chi connectivity index (χ1v) is 11.2. The van der Waals surface area contributed by atoms with E-state index in [2.05, 4.69) is 56.4 Å². The zero-order valence-electron chi connectivity index (χ0n) is 21.4. The van der Waals surface area contributed by atoms with Crippen LogP contribution in [0, 0.1) is 18.2 Å². The summed E-state index contributed by atoms with van der Waals surface area (Å²) < 4.78 is 20.5. The first kappa shape index (κ1) is 30.3. The molecule has 0 radical (unpaired) electrons. The summed E-state index contributed by atoms with van der Waals surface area (Å²) in [5, 5.41) is 12.7. The second-order valence-electron chi connectivity index (χ2n) is 7.91. The molecule has 37 heavy (non-hydrogen) atoms. The van der Waals surface area contributed by atoms with Gasteiger partial charge in [0.15, 0.2) is 0 Å². The zero-order chi connectivity index (χ0) is 28.1. The molecule has 2 N–H and O–H groups in total. The predicted molar refractivity (Wildman–Crippen MR) is 150 cm³/mol. The van der Waals surface area contributed by atoms with Crippen LogP contribution in [0.25, 0.3) is 0 Å². The Balaban J connectivity index is 3.91. The van der Waals surface area contributed by atoms with Crippen molar-refractivity contribution >= 4 is 5.97 Å². The number of allylic oxidation sites excluding steroid dienone is 7. The summed E-state index contributed by atoms with van der Waals surface area (Å²) in [6.07, 6.45) is 12.7. The van der Waals surface area contributed by atoms with Crippen molar-refractivity contribution in [3.05, 3.63) is 150 Å². The van der Waals surface area contributed by atoms with Gasteiger partial charge in [-0.3, -0.25) is 0 Å². The number of hydrogen-bond donors (Lipinski definition) is 2. The second-order valence-corrected chi connectivity index (χ2v) is 7.91. The molecule has 0 unspecified atom stereocenters. The van der Waals surface area contributed by atoms with Gasteiger partial charge in [0.25, 0.3) is 0 Å². The van der Waals surface area contributed by atoms with E-state index in [-0.39, 0.29) is 11.1 Å². The van der Waals surface area contributed by atoms with Crippen LogP contribution in [-0.4, -0.2) is 17.6 Å². The summed E-state index contributed by atoms with van der Waals surface area (Å²) in [4.78, 5) is 11.9. The maximum Gasteiger partial charge on any atom is 0.336 e. The minimum atomic E-state index is -1.22. The summed E-state index contributed by atoms with van der Waals surface area (Å²) >= 11 is 0. The van der Waals surface area contributed by atoms with Crippen molar-refractivity contribution in [2.75, 3.05) is 6.54 Å². The molecule has 0 amide bonds. The van der Waals surface area contributed by atoms with E-state index in [9.17, 15) is 14.3 Å². The Morgan fingerprint density at radius 2 is 1.92 bits per heavy atom. The van der Waals surface area contributed by atoms with E-state index in [0.29, 0.717) is 45.7 Å². The van der Waals surface area contributed by atoms with Crippen molar-refractivity contribution in [2.24, 2.45) is 0 Å². The van der Waals surface area contributed by atoms with Crippen LogP contribution in [0.3, 0.4) is 0 Å². The fourth-order valence-corrected chi connectivity index (χ4v) is 3.35. The number of aromatic carboxylic acids is 1. The third kappa shape index (κ3) is 8.14. The predicted octanol–water partition coefficient (Wildman–Crippen LogP) is 7.29. The van der Waals surface area contributed by atoms with E-state index in [0.717, 1.165) is 12.1 Å². The van der Waals surface area contributed by atoms with Gasteiger partial charge in [-0.2, -0.15) is 0 Å². The summed E-state index contributed by atoms with van der Waals surface area (Å²) in [5.41, 5.74) is 6.09. The number of halogens is 1. The van der Waals surface area contributed by atoms with E-state index in [1.54, 1.807) is 32.1 Å². The van der Waals surface area contributed by atoms with Gasteiger partial charge < -0.3 is 15.2 Å². The molecule has 4 nitrogen and oxygen atoms in total. The average molecular weight is 498 g/mol. The number of terminal acetylenes is 1. The van der Waals surface area contributed by atoms with Crippen LogP contribution in [0.5, 0.6) is 0 Å². The van der Waals surface area contributed by atoms with Gasteiger partial charge in [-0.15, -0.1) is 12.2 Å². The number of hydrogen-bond acceptors (Lipinski definition) is 3. The highest BCUT2D eigenvalue weighted by Crippen LogP contribution is 2.34. The van der Waals surface area contributed by atoms with Gasteiger partial charge in [-0.25, -0.2) is 9.18 Å². The molecule has 1 aromatic carbocycles. The Morgan fingerprint density at radius 1 is 1.24 bits per heavy atom. The van der Waals surface area contributed by atoms with E-state index in [4.69, 9.17) is 11.2 Å². The molecule has 0 aliphatic rings. The first-order chi connectivity index (χ1) is 17.6. The van der Waals surface area contributed by atoms with Crippen LogP contribution in [-0.2, 0) is 4.74 Å². The SMILES string of the molecule is C#C\C(C=C)=C(C(=C)CNC=C)/C(C=C=C)=C/C(O[C@H](C(=C)C)c1cc(F)ccc1C(=O)O)=C(\C)C=C. The van der Waals surface area contributed by atoms with Crippen LogP contribution in [0.1, 0.15) is 35.9 Å². The van der Waals surface area contributed by atoms with Gasteiger partial charge in [-0.1, -0.05) is 57.5 Å². The molecule has 0 saturated carbocycles. The van der Waals surface area contributed by atoms with E-state index in [1.807, 2.05) is 0 Å². The van der Waals surface area contributed by atoms with Crippen molar-refractivity contribution in [1.82, 2.24) is 5.32 Å². The van der Waals surface area contributed by atoms with Crippen molar-refractivity contribution in [3.8, 4) is 12.3 Å². The molecule has 0 aliphatic heterocycles. The molecule has 5 heteroatoms. The third-order valence-corrected chi connectivity index (χ3v) is 5.19. The van der Waals surface area contributed by atoms with E-state index in [1.165, 1.54) is 18.3 Å². The number of nitrogens with one attached hydrogen (secondary N) is 1. The lowest BCUT2D eigenvalue weighted by Gasteiger charge is -2.24. The van der Waals surface area contributed by atoms with Crippen molar-refractivity contribution in [1.29, 1.82) is 0 Å². The lowest BCUT2D eigenvalue weighted by molar-refractivity contribution is 0.0688. The molecule has 0 saturated heterocycles. The normalized spacial score (nSPS) is 12.9. The quantitative estimate of drug-likeness (QED) is 0.0932. The highest BCUT2D eigenvalue weighted by Gasteiger charge is 2.24. The Kier molecular flexibility index (Phi) is 11.9. The Morgan fingerprint density at radius 3 is 2.41 bits per heavy atom. The van der Waals surface area contributed by atoms with Crippen molar-refractivity contribution < 1.29 is 19.0 Å². The Hall–Kier alpha value is -4.78. The van der Waals surface area contributed by atoms with Gasteiger partial charge in [0.1, 0.15) is 17.7 Å². The van der Waals surface area contributed by atoms with Crippen LogP contribution in [0.4, 0.5) is 4.39 Å². The number of carbonyl (C=O) groups is 1. The molecule has 0 bridgehead atoms. The number of carboxylic acid groups (broad SMARTS) is 1. The molecule has 1 aromatic rings. The van der Waals surface area contributed by atoms with Crippen molar-refractivity contribution in [2.45, 2.75) is 20.0 Å². The fraction of sp³-hybridized carbons (Fsp3) is 0.125. The topological polar surface area (TPSA) is 58.6 Å². The number of ether oxygens (including phenoxy) is 1. The smallest absolute Gasteiger partial charge is 0.336 e. The number of rotatable bonds is 14.